The van der Waals surface area contributed by atoms with Gasteiger partial charge in [0.25, 0.3) is 0 Å². The highest BCUT2D eigenvalue weighted by Gasteiger charge is 2.17. The molecule has 4 rings (SSSR count). The van der Waals surface area contributed by atoms with E-state index in [1.165, 1.54) is 19.5 Å². The SMILES string of the molecule is COc1ccc(-c2nn(-c3ccccc3)cc2CN[C@@H](C)Cn2cncn2)c(F)c1. The van der Waals surface area contributed by atoms with E-state index >= 15 is 0 Å². The summed E-state index contributed by atoms with van der Waals surface area (Å²) in [4.78, 5) is 3.97. The number of para-hydroxylation sites is 1. The van der Waals surface area contributed by atoms with Crippen LogP contribution in [-0.2, 0) is 13.1 Å². The zero-order chi connectivity index (χ0) is 20.9. The number of rotatable bonds is 8. The molecule has 0 spiro atoms. The number of methoxy groups -OCH3 is 1. The first-order valence-corrected chi connectivity index (χ1v) is 9.67. The maximum Gasteiger partial charge on any atom is 0.137 e. The largest absolute Gasteiger partial charge is 0.497 e. The standard InChI is InChI=1S/C22H23FN6O/c1-16(12-28-15-24-14-26-28)25-11-17-13-29(18-6-4-3-5-7-18)27-22(17)20-9-8-19(30-2)10-21(20)23/h3-10,13-16,25H,11-12H2,1-2H3/t16-/m0/s1. The third-order valence-corrected chi connectivity index (χ3v) is 4.81. The van der Waals surface area contributed by atoms with Gasteiger partial charge in [0, 0.05) is 36.0 Å². The first-order chi connectivity index (χ1) is 14.6. The quantitative estimate of drug-likeness (QED) is 0.485. The topological polar surface area (TPSA) is 69.8 Å². The van der Waals surface area contributed by atoms with Crippen LogP contribution in [0.3, 0.4) is 0 Å². The van der Waals surface area contributed by atoms with Crippen LogP contribution in [0.4, 0.5) is 4.39 Å². The monoisotopic (exact) mass is 406 g/mol. The van der Waals surface area contributed by atoms with Crippen LogP contribution in [0.2, 0.25) is 0 Å². The number of nitrogens with zero attached hydrogens (tertiary/aromatic N) is 5. The number of aromatic nitrogens is 5. The van der Waals surface area contributed by atoms with Crippen LogP contribution in [0.1, 0.15) is 12.5 Å². The number of halogens is 1. The molecule has 8 heteroatoms. The maximum atomic E-state index is 14.8. The van der Waals surface area contributed by atoms with E-state index in [-0.39, 0.29) is 11.9 Å². The smallest absolute Gasteiger partial charge is 0.137 e. The molecule has 0 amide bonds. The maximum absolute atomic E-state index is 14.8. The van der Waals surface area contributed by atoms with Gasteiger partial charge in [-0.3, -0.25) is 4.68 Å². The van der Waals surface area contributed by atoms with Crippen LogP contribution in [0, 0.1) is 5.82 Å². The Kier molecular flexibility index (Phi) is 5.85. The Hall–Kier alpha value is -3.52. The number of hydrogen-bond acceptors (Lipinski definition) is 5. The van der Waals surface area contributed by atoms with Crippen molar-refractivity contribution in [2.75, 3.05) is 7.11 Å². The third kappa shape index (κ3) is 4.38. The predicted molar refractivity (Wildman–Crippen MR) is 112 cm³/mol. The van der Waals surface area contributed by atoms with Crippen molar-refractivity contribution in [1.82, 2.24) is 29.9 Å². The van der Waals surface area contributed by atoms with Crippen molar-refractivity contribution in [2.45, 2.75) is 26.1 Å². The molecule has 30 heavy (non-hydrogen) atoms. The predicted octanol–water partition coefficient (Wildman–Crippen LogP) is 3.46. The Labute approximate surface area is 174 Å². The van der Waals surface area contributed by atoms with Gasteiger partial charge in [0.2, 0.25) is 0 Å². The van der Waals surface area contributed by atoms with E-state index in [1.54, 1.807) is 27.8 Å². The van der Waals surface area contributed by atoms with E-state index < -0.39 is 0 Å². The van der Waals surface area contributed by atoms with Crippen molar-refractivity contribution in [3.8, 4) is 22.7 Å². The lowest BCUT2D eigenvalue weighted by atomic mass is 10.1. The van der Waals surface area contributed by atoms with E-state index in [0.29, 0.717) is 30.1 Å². The highest BCUT2D eigenvalue weighted by Crippen LogP contribution is 2.29. The summed E-state index contributed by atoms with van der Waals surface area (Å²) in [6.07, 6.45) is 5.13. The summed E-state index contributed by atoms with van der Waals surface area (Å²) in [6, 6.07) is 14.7. The molecule has 0 bridgehead atoms. The molecule has 0 unspecified atom stereocenters. The summed E-state index contributed by atoms with van der Waals surface area (Å²) >= 11 is 0. The zero-order valence-electron chi connectivity index (χ0n) is 16.9. The first kappa shape index (κ1) is 19.8. The van der Waals surface area contributed by atoms with Gasteiger partial charge in [-0.1, -0.05) is 18.2 Å². The minimum absolute atomic E-state index is 0.139. The zero-order valence-corrected chi connectivity index (χ0v) is 16.9. The van der Waals surface area contributed by atoms with Crippen LogP contribution < -0.4 is 10.1 Å². The number of ether oxygens (including phenoxy) is 1. The van der Waals surface area contributed by atoms with E-state index in [0.717, 1.165) is 11.3 Å². The molecular formula is C22H23FN6O. The van der Waals surface area contributed by atoms with Gasteiger partial charge < -0.3 is 10.1 Å². The molecule has 0 saturated carbocycles. The van der Waals surface area contributed by atoms with Crippen molar-refractivity contribution < 1.29 is 9.13 Å². The minimum Gasteiger partial charge on any atom is -0.497 e. The molecule has 2 aromatic carbocycles. The summed E-state index contributed by atoms with van der Waals surface area (Å²) in [5, 5.41) is 12.3. The second-order valence-corrected chi connectivity index (χ2v) is 7.03. The average Bonchev–Trinajstić information content (AvgIpc) is 3.43. The summed E-state index contributed by atoms with van der Waals surface area (Å²) in [5.74, 6) is 0.101. The summed E-state index contributed by atoms with van der Waals surface area (Å²) in [5.41, 5.74) is 2.84. The molecule has 0 aliphatic rings. The molecule has 0 fully saturated rings. The van der Waals surface area contributed by atoms with Gasteiger partial charge >= 0.3 is 0 Å². The van der Waals surface area contributed by atoms with Crippen molar-refractivity contribution in [3.63, 3.8) is 0 Å². The Morgan fingerprint density at radius 1 is 1.17 bits per heavy atom. The number of nitrogens with one attached hydrogen (secondary N) is 1. The van der Waals surface area contributed by atoms with Gasteiger partial charge in [-0.2, -0.15) is 10.2 Å². The molecule has 2 aromatic heterocycles. The minimum atomic E-state index is -0.371. The lowest BCUT2D eigenvalue weighted by Gasteiger charge is -2.13. The summed E-state index contributed by atoms with van der Waals surface area (Å²) in [7, 11) is 1.52. The van der Waals surface area contributed by atoms with Gasteiger partial charge in [-0.25, -0.2) is 14.1 Å². The fourth-order valence-electron chi connectivity index (χ4n) is 3.25. The number of benzene rings is 2. The van der Waals surface area contributed by atoms with Crippen molar-refractivity contribution in [3.05, 3.63) is 78.8 Å². The van der Waals surface area contributed by atoms with Gasteiger partial charge in [-0.05, 0) is 31.2 Å². The molecule has 7 nitrogen and oxygen atoms in total. The van der Waals surface area contributed by atoms with E-state index in [4.69, 9.17) is 4.74 Å². The molecule has 0 aliphatic heterocycles. The van der Waals surface area contributed by atoms with Crippen molar-refractivity contribution in [2.24, 2.45) is 0 Å². The van der Waals surface area contributed by atoms with Gasteiger partial charge in [0.05, 0.1) is 19.3 Å². The molecule has 0 radical (unpaired) electrons. The van der Waals surface area contributed by atoms with Gasteiger partial charge in [0.15, 0.2) is 0 Å². The highest BCUT2D eigenvalue weighted by molar-refractivity contribution is 5.65. The van der Waals surface area contributed by atoms with Crippen LogP contribution in [-0.4, -0.2) is 37.7 Å². The fourth-order valence-corrected chi connectivity index (χ4v) is 3.25. The average molecular weight is 406 g/mol. The molecule has 4 aromatic rings. The second kappa shape index (κ2) is 8.87. The van der Waals surface area contributed by atoms with E-state index in [2.05, 4.69) is 27.4 Å². The highest BCUT2D eigenvalue weighted by atomic mass is 19.1. The van der Waals surface area contributed by atoms with Gasteiger partial charge in [0.1, 0.15) is 29.9 Å². The normalized spacial score (nSPS) is 12.1. The van der Waals surface area contributed by atoms with Crippen LogP contribution in [0.25, 0.3) is 16.9 Å². The third-order valence-electron chi connectivity index (χ3n) is 4.81. The second-order valence-electron chi connectivity index (χ2n) is 7.03. The Bertz CT molecular complexity index is 1090. The Morgan fingerprint density at radius 3 is 2.70 bits per heavy atom. The lowest BCUT2D eigenvalue weighted by Crippen LogP contribution is -2.30. The summed E-state index contributed by atoms with van der Waals surface area (Å²) in [6.45, 7) is 3.28. The van der Waals surface area contributed by atoms with E-state index in [9.17, 15) is 4.39 Å². The molecule has 2 heterocycles. The molecule has 0 saturated heterocycles. The van der Waals surface area contributed by atoms with Crippen molar-refractivity contribution >= 4 is 0 Å². The first-order valence-electron chi connectivity index (χ1n) is 9.67. The number of hydrogen-bond donors (Lipinski definition) is 1. The Morgan fingerprint density at radius 2 is 2.00 bits per heavy atom. The molecular weight excluding hydrogens is 383 g/mol. The van der Waals surface area contributed by atoms with Crippen LogP contribution in [0.5, 0.6) is 5.75 Å². The Balaban J connectivity index is 1.63. The molecule has 0 aliphatic carbocycles. The lowest BCUT2D eigenvalue weighted by molar-refractivity contribution is 0.411. The van der Waals surface area contributed by atoms with Crippen molar-refractivity contribution in [1.29, 1.82) is 0 Å². The molecule has 1 atom stereocenters. The van der Waals surface area contributed by atoms with Gasteiger partial charge in [-0.15, -0.1) is 0 Å². The van der Waals surface area contributed by atoms with Crippen LogP contribution >= 0.6 is 0 Å². The molecule has 1 N–H and O–H groups in total. The molecule has 154 valence electrons. The summed E-state index contributed by atoms with van der Waals surface area (Å²) < 4.78 is 23.5. The van der Waals surface area contributed by atoms with Crippen LogP contribution in [0.15, 0.2) is 67.4 Å². The van der Waals surface area contributed by atoms with E-state index in [1.807, 2.05) is 36.5 Å². The fraction of sp³-hybridized carbons (Fsp3) is 0.227.